The van der Waals surface area contributed by atoms with E-state index in [-0.39, 0.29) is 5.84 Å². The van der Waals surface area contributed by atoms with Crippen LogP contribution in [0.25, 0.3) is 0 Å². The van der Waals surface area contributed by atoms with E-state index >= 15 is 0 Å². The van der Waals surface area contributed by atoms with Crippen molar-refractivity contribution in [1.29, 1.82) is 0 Å². The van der Waals surface area contributed by atoms with E-state index in [1.807, 2.05) is 0 Å². The number of hydrogen-bond donors (Lipinski definition) is 3. The number of piperidine rings is 1. The Balaban J connectivity index is 2.27. The Morgan fingerprint density at radius 3 is 2.89 bits per heavy atom. The molecule has 1 fully saturated rings. The molecule has 0 saturated carbocycles. The van der Waals surface area contributed by atoms with E-state index in [2.05, 4.69) is 16.8 Å². The number of oxime groups is 1. The van der Waals surface area contributed by atoms with Gasteiger partial charge in [0.1, 0.15) is 5.84 Å². The summed E-state index contributed by atoms with van der Waals surface area (Å²) in [6, 6.07) is 0. The molecular formula is C11H24N4O3S. The van der Waals surface area contributed by atoms with E-state index in [0.29, 0.717) is 44.8 Å². The van der Waals surface area contributed by atoms with Crippen molar-refractivity contribution in [3.8, 4) is 0 Å². The molecule has 0 amide bonds. The quantitative estimate of drug-likeness (QED) is 0.208. The lowest BCUT2D eigenvalue weighted by Gasteiger charge is -2.29. The summed E-state index contributed by atoms with van der Waals surface area (Å²) >= 11 is 0. The third-order valence-corrected chi connectivity index (χ3v) is 4.81. The van der Waals surface area contributed by atoms with Crippen molar-refractivity contribution >= 4 is 16.0 Å². The van der Waals surface area contributed by atoms with Crippen LogP contribution in [0, 0.1) is 5.92 Å². The second kappa shape index (κ2) is 7.66. The zero-order valence-corrected chi connectivity index (χ0v) is 12.2. The second-order valence-corrected chi connectivity index (χ2v) is 6.81. The number of nitrogens with two attached hydrogens (primary N) is 1. The molecule has 0 radical (unpaired) electrons. The Kier molecular flexibility index (Phi) is 6.53. The fraction of sp³-hybridized carbons (Fsp3) is 0.909. The smallest absolute Gasteiger partial charge is 0.279 e. The van der Waals surface area contributed by atoms with Gasteiger partial charge in [-0.15, -0.1) is 0 Å². The molecule has 1 heterocycles. The summed E-state index contributed by atoms with van der Waals surface area (Å²) in [6.07, 6.45) is 3.84. The van der Waals surface area contributed by atoms with E-state index in [1.54, 1.807) is 0 Å². The second-order valence-electron chi connectivity index (χ2n) is 5.05. The molecule has 1 rings (SSSR count). The van der Waals surface area contributed by atoms with Crippen LogP contribution in [0.3, 0.4) is 0 Å². The first-order valence-corrected chi connectivity index (χ1v) is 8.11. The third-order valence-electron chi connectivity index (χ3n) is 3.23. The highest BCUT2D eigenvalue weighted by molar-refractivity contribution is 7.87. The van der Waals surface area contributed by atoms with Gasteiger partial charge in [-0.2, -0.15) is 12.7 Å². The van der Waals surface area contributed by atoms with Crippen LogP contribution in [0.2, 0.25) is 0 Å². The summed E-state index contributed by atoms with van der Waals surface area (Å²) in [4.78, 5) is 0. The van der Waals surface area contributed by atoms with E-state index in [1.165, 1.54) is 4.31 Å². The average Bonchev–Trinajstić information content (AvgIpc) is 2.38. The zero-order valence-electron chi connectivity index (χ0n) is 11.4. The molecule has 4 N–H and O–H groups in total. The molecule has 112 valence electrons. The van der Waals surface area contributed by atoms with Crippen LogP contribution < -0.4 is 10.5 Å². The first kappa shape index (κ1) is 16.2. The Morgan fingerprint density at radius 2 is 2.26 bits per heavy atom. The number of nitrogens with zero attached hydrogens (tertiary/aromatic N) is 2. The zero-order chi connectivity index (χ0) is 14.3. The maximum absolute atomic E-state index is 12.0. The largest absolute Gasteiger partial charge is 0.409 e. The molecule has 1 saturated heterocycles. The highest BCUT2D eigenvalue weighted by atomic mass is 32.2. The van der Waals surface area contributed by atoms with Gasteiger partial charge in [0, 0.05) is 26.1 Å². The minimum atomic E-state index is -3.35. The first-order chi connectivity index (χ1) is 8.95. The van der Waals surface area contributed by atoms with Gasteiger partial charge in [0.25, 0.3) is 10.2 Å². The molecule has 0 aromatic heterocycles. The van der Waals surface area contributed by atoms with Crippen LogP contribution in [-0.4, -0.2) is 43.4 Å². The number of unbranched alkanes of at least 4 members (excludes halogenated alkanes) is 1. The molecule has 7 nitrogen and oxygen atoms in total. The summed E-state index contributed by atoms with van der Waals surface area (Å²) in [6.45, 7) is 3.65. The normalized spacial score (nSPS) is 22.6. The summed E-state index contributed by atoms with van der Waals surface area (Å²) in [5.74, 6) is 0.596. The van der Waals surface area contributed by atoms with Crippen molar-refractivity contribution in [2.45, 2.75) is 39.0 Å². The molecule has 0 spiro atoms. The predicted octanol–water partition coefficient (Wildman–Crippen LogP) is 0.469. The molecule has 1 aliphatic rings. The van der Waals surface area contributed by atoms with E-state index in [4.69, 9.17) is 10.9 Å². The summed E-state index contributed by atoms with van der Waals surface area (Å²) < 4.78 is 28.1. The highest BCUT2D eigenvalue weighted by Gasteiger charge is 2.26. The molecule has 1 unspecified atom stereocenters. The monoisotopic (exact) mass is 292 g/mol. The summed E-state index contributed by atoms with van der Waals surface area (Å²) in [5, 5.41) is 11.2. The molecule has 0 aromatic rings. The molecular weight excluding hydrogens is 268 g/mol. The van der Waals surface area contributed by atoms with Gasteiger partial charge in [0.15, 0.2) is 0 Å². The van der Waals surface area contributed by atoms with Crippen molar-refractivity contribution < 1.29 is 13.6 Å². The Bertz CT molecular complexity index is 397. The molecule has 1 aliphatic heterocycles. The summed E-state index contributed by atoms with van der Waals surface area (Å²) in [7, 11) is -3.35. The number of nitrogens with one attached hydrogen (secondary N) is 1. The lowest BCUT2D eigenvalue weighted by atomic mass is 10.0. The van der Waals surface area contributed by atoms with E-state index in [0.717, 1.165) is 12.8 Å². The van der Waals surface area contributed by atoms with Gasteiger partial charge in [-0.05, 0) is 31.6 Å². The third kappa shape index (κ3) is 5.75. The SMILES string of the molecule is CC1CCCN(S(=O)(=O)NCCCCC(N)=NO)C1. The Morgan fingerprint density at radius 1 is 1.53 bits per heavy atom. The lowest BCUT2D eigenvalue weighted by Crippen LogP contribution is -2.45. The van der Waals surface area contributed by atoms with Gasteiger partial charge in [-0.1, -0.05) is 12.1 Å². The van der Waals surface area contributed by atoms with Crippen LogP contribution in [0.4, 0.5) is 0 Å². The number of rotatable bonds is 7. The fourth-order valence-electron chi connectivity index (χ4n) is 2.14. The summed E-state index contributed by atoms with van der Waals surface area (Å²) in [5.41, 5.74) is 5.33. The van der Waals surface area contributed by atoms with Crippen LogP contribution >= 0.6 is 0 Å². The Hall–Kier alpha value is -0.860. The van der Waals surface area contributed by atoms with Crippen LogP contribution in [0.5, 0.6) is 0 Å². The van der Waals surface area contributed by atoms with Gasteiger partial charge in [0.2, 0.25) is 0 Å². The predicted molar refractivity (Wildman–Crippen MR) is 74.2 cm³/mol. The van der Waals surface area contributed by atoms with Crippen molar-refractivity contribution in [3.63, 3.8) is 0 Å². The standard InChI is InChI=1S/C11H24N4O3S/c1-10-5-4-8-15(9-10)19(17,18)13-7-3-2-6-11(12)14-16/h10,13,16H,2-9H2,1H3,(H2,12,14). The van der Waals surface area contributed by atoms with Crippen molar-refractivity contribution in [3.05, 3.63) is 0 Å². The fourth-order valence-corrected chi connectivity index (χ4v) is 3.54. The van der Waals surface area contributed by atoms with Crippen LogP contribution in [-0.2, 0) is 10.2 Å². The first-order valence-electron chi connectivity index (χ1n) is 6.67. The maximum atomic E-state index is 12.0. The van der Waals surface area contributed by atoms with Crippen LogP contribution in [0.15, 0.2) is 5.16 Å². The van der Waals surface area contributed by atoms with Crippen molar-refractivity contribution in [1.82, 2.24) is 9.03 Å². The highest BCUT2D eigenvalue weighted by Crippen LogP contribution is 2.17. The molecule has 0 aliphatic carbocycles. The topological polar surface area (TPSA) is 108 Å². The van der Waals surface area contributed by atoms with Crippen molar-refractivity contribution in [2.75, 3.05) is 19.6 Å². The molecule has 1 atom stereocenters. The van der Waals surface area contributed by atoms with E-state index in [9.17, 15) is 8.42 Å². The molecule has 8 heteroatoms. The number of hydrogen-bond acceptors (Lipinski definition) is 4. The Labute approximate surface area is 115 Å². The van der Waals surface area contributed by atoms with Gasteiger partial charge in [0.05, 0.1) is 0 Å². The molecule has 0 bridgehead atoms. The molecule has 0 aromatic carbocycles. The minimum absolute atomic E-state index is 0.174. The van der Waals surface area contributed by atoms with Gasteiger partial charge < -0.3 is 10.9 Å². The number of amidine groups is 1. The van der Waals surface area contributed by atoms with Gasteiger partial charge in [-0.25, -0.2) is 4.72 Å². The lowest BCUT2D eigenvalue weighted by molar-refractivity contribution is 0.278. The van der Waals surface area contributed by atoms with Crippen LogP contribution in [0.1, 0.15) is 39.0 Å². The van der Waals surface area contributed by atoms with Gasteiger partial charge in [-0.3, -0.25) is 0 Å². The van der Waals surface area contributed by atoms with Crippen molar-refractivity contribution in [2.24, 2.45) is 16.8 Å². The maximum Gasteiger partial charge on any atom is 0.279 e. The van der Waals surface area contributed by atoms with Gasteiger partial charge >= 0.3 is 0 Å². The minimum Gasteiger partial charge on any atom is -0.409 e. The average molecular weight is 292 g/mol. The molecule has 19 heavy (non-hydrogen) atoms. The van der Waals surface area contributed by atoms with E-state index < -0.39 is 10.2 Å².